The highest BCUT2D eigenvalue weighted by Gasteiger charge is 2.34. The summed E-state index contributed by atoms with van der Waals surface area (Å²) in [6, 6.07) is 4.97. The fourth-order valence-corrected chi connectivity index (χ4v) is 1.93. The average Bonchev–Trinajstić information content (AvgIpc) is 2.17. The number of rotatable bonds is 1. The van der Waals surface area contributed by atoms with Crippen LogP contribution < -0.4 is 4.74 Å². The summed E-state index contributed by atoms with van der Waals surface area (Å²) < 4.78 is 5.31. The third-order valence-electron chi connectivity index (χ3n) is 2.84. The van der Waals surface area contributed by atoms with Crippen molar-refractivity contribution in [3.8, 4) is 11.5 Å². The summed E-state index contributed by atoms with van der Waals surface area (Å²) in [4.78, 5) is 10.9. The molecule has 1 heterocycles. The highest BCUT2D eigenvalue weighted by Crippen LogP contribution is 2.41. The number of hydrogen-bond donors (Lipinski definition) is 2. The molecular weight excluding hydrogens is 196 g/mol. The lowest BCUT2D eigenvalue weighted by atomic mass is 9.85. The van der Waals surface area contributed by atoms with Crippen LogP contribution in [0.1, 0.15) is 18.4 Å². The van der Waals surface area contributed by atoms with E-state index in [1.54, 1.807) is 25.1 Å². The Hall–Kier alpha value is -1.71. The quantitative estimate of drug-likeness (QED) is 0.735. The maximum atomic E-state index is 10.9. The molecule has 1 aromatic rings. The molecule has 1 aromatic carbocycles. The fourth-order valence-electron chi connectivity index (χ4n) is 1.93. The second kappa shape index (κ2) is 3.46. The summed E-state index contributed by atoms with van der Waals surface area (Å²) in [5, 5.41) is 18.6. The Morgan fingerprint density at radius 2 is 2.27 bits per heavy atom. The van der Waals surface area contributed by atoms with Gasteiger partial charge in [0.25, 0.3) is 0 Å². The molecule has 2 rings (SSSR count). The van der Waals surface area contributed by atoms with Crippen LogP contribution in [0, 0.1) is 5.92 Å². The molecule has 0 radical (unpaired) electrons. The Morgan fingerprint density at radius 1 is 1.53 bits per heavy atom. The first-order valence-corrected chi connectivity index (χ1v) is 4.78. The van der Waals surface area contributed by atoms with Crippen molar-refractivity contribution in [3.05, 3.63) is 23.8 Å². The Labute approximate surface area is 87.1 Å². The highest BCUT2D eigenvalue weighted by atomic mass is 16.5. The second-order valence-corrected chi connectivity index (χ2v) is 3.73. The van der Waals surface area contributed by atoms with Crippen molar-refractivity contribution in [1.82, 2.24) is 0 Å². The maximum Gasteiger partial charge on any atom is 0.310 e. The van der Waals surface area contributed by atoms with Gasteiger partial charge in [0.15, 0.2) is 0 Å². The van der Waals surface area contributed by atoms with Gasteiger partial charge in [0.1, 0.15) is 18.1 Å². The number of carboxylic acids is 1. The first-order valence-electron chi connectivity index (χ1n) is 4.78. The zero-order valence-corrected chi connectivity index (χ0v) is 8.30. The van der Waals surface area contributed by atoms with E-state index < -0.39 is 11.9 Å². The van der Waals surface area contributed by atoms with Gasteiger partial charge in [-0.1, -0.05) is 13.0 Å². The molecule has 0 fully saturated rings. The van der Waals surface area contributed by atoms with Gasteiger partial charge in [-0.2, -0.15) is 0 Å². The first-order chi connectivity index (χ1) is 7.11. The lowest BCUT2D eigenvalue weighted by Crippen LogP contribution is -2.30. The van der Waals surface area contributed by atoms with E-state index in [2.05, 4.69) is 0 Å². The topological polar surface area (TPSA) is 66.8 Å². The SMILES string of the molecule is CC1c2c(O)cccc2OCC1C(=O)O. The molecule has 2 N–H and O–H groups in total. The molecule has 0 saturated heterocycles. The molecule has 80 valence electrons. The number of phenolic OH excluding ortho intramolecular Hbond substituents is 1. The van der Waals surface area contributed by atoms with E-state index in [0.29, 0.717) is 11.3 Å². The van der Waals surface area contributed by atoms with Gasteiger partial charge in [0.2, 0.25) is 0 Å². The molecule has 2 unspecified atom stereocenters. The molecule has 4 nitrogen and oxygen atoms in total. The van der Waals surface area contributed by atoms with Crippen LogP contribution in [0.4, 0.5) is 0 Å². The van der Waals surface area contributed by atoms with Crippen LogP contribution >= 0.6 is 0 Å². The molecule has 15 heavy (non-hydrogen) atoms. The predicted molar refractivity (Wildman–Crippen MR) is 53.1 cm³/mol. The van der Waals surface area contributed by atoms with Gasteiger partial charge >= 0.3 is 5.97 Å². The number of aromatic hydroxyl groups is 1. The molecular formula is C11H12O4. The molecule has 0 aromatic heterocycles. The van der Waals surface area contributed by atoms with Gasteiger partial charge in [0.05, 0.1) is 5.92 Å². The molecule has 0 bridgehead atoms. The van der Waals surface area contributed by atoms with Crippen LogP contribution in [0.5, 0.6) is 11.5 Å². The summed E-state index contributed by atoms with van der Waals surface area (Å²) in [6.45, 7) is 1.95. The monoisotopic (exact) mass is 208 g/mol. The number of benzene rings is 1. The van der Waals surface area contributed by atoms with Crippen LogP contribution in [-0.2, 0) is 4.79 Å². The number of fused-ring (bicyclic) bond motifs is 1. The molecule has 2 atom stereocenters. The second-order valence-electron chi connectivity index (χ2n) is 3.73. The maximum absolute atomic E-state index is 10.9. The number of phenols is 1. The normalized spacial score (nSPS) is 24.1. The highest BCUT2D eigenvalue weighted by molar-refractivity contribution is 5.73. The van der Waals surface area contributed by atoms with E-state index in [-0.39, 0.29) is 18.3 Å². The third kappa shape index (κ3) is 1.52. The first kappa shape index (κ1) is 9.83. The number of aliphatic carboxylic acids is 1. The lowest BCUT2D eigenvalue weighted by molar-refractivity contribution is -0.144. The van der Waals surface area contributed by atoms with Crippen molar-refractivity contribution in [2.75, 3.05) is 6.61 Å². The molecule has 1 aliphatic heterocycles. The minimum Gasteiger partial charge on any atom is -0.508 e. The smallest absolute Gasteiger partial charge is 0.310 e. The van der Waals surface area contributed by atoms with Crippen LogP contribution in [0.3, 0.4) is 0 Å². The van der Waals surface area contributed by atoms with Crippen LogP contribution in [0.2, 0.25) is 0 Å². The van der Waals surface area contributed by atoms with Gasteiger partial charge in [0, 0.05) is 11.5 Å². The molecule has 0 aliphatic carbocycles. The van der Waals surface area contributed by atoms with Crippen molar-refractivity contribution in [2.45, 2.75) is 12.8 Å². The van der Waals surface area contributed by atoms with Crippen molar-refractivity contribution in [3.63, 3.8) is 0 Å². The standard InChI is InChI=1S/C11H12O4/c1-6-7(11(13)14)5-15-9-4-2-3-8(12)10(6)9/h2-4,6-7,12H,5H2,1H3,(H,13,14). The minimum atomic E-state index is -0.892. The van der Waals surface area contributed by atoms with E-state index in [0.717, 1.165) is 0 Å². The van der Waals surface area contributed by atoms with Gasteiger partial charge in [-0.05, 0) is 12.1 Å². The minimum absolute atomic E-state index is 0.103. The number of carboxylic acid groups (broad SMARTS) is 1. The number of hydrogen-bond acceptors (Lipinski definition) is 3. The molecule has 0 spiro atoms. The van der Waals surface area contributed by atoms with Crippen molar-refractivity contribution < 1.29 is 19.7 Å². The van der Waals surface area contributed by atoms with E-state index in [1.807, 2.05) is 0 Å². The summed E-state index contributed by atoms with van der Waals surface area (Å²) in [7, 11) is 0. The summed E-state index contributed by atoms with van der Waals surface area (Å²) in [6.07, 6.45) is 0. The average molecular weight is 208 g/mol. The van der Waals surface area contributed by atoms with E-state index in [9.17, 15) is 9.90 Å². The molecule has 0 amide bonds. The number of carbonyl (C=O) groups is 1. The Morgan fingerprint density at radius 3 is 2.93 bits per heavy atom. The van der Waals surface area contributed by atoms with Crippen LogP contribution in [0.15, 0.2) is 18.2 Å². The Bertz CT molecular complexity index is 400. The van der Waals surface area contributed by atoms with E-state index in [1.165, 1.54) is 0 Å². The summed E-state index contributed by atoms with van der Waals surface area (Å²) in [5.74, 6) is -1.03. The Kier molecular flexibility index (Phi) is 2.26. The Balaban J connectivity index is 2.45. The van der Waals surface area contributed by atoms with E-state index in [4.69, 9.17) is 9.84 Å². The lowest BCUT2D eigenvalue weighted by Gasteiger charge is -2.29. The van der Waals surface area contributed by atoms with Gasteiger partial charge < -0.3 is 14.9 Å². The number of ether oxygens (including phenoxy) is 1. The predicted octanol–water partition coefficient (Wildman–Crippen LogP) is 1.59. The zero-order valence-electron chi connectivity index (χ0n) is 8.30. The van der Waals surface area contributed by atoms with Crippen LogP contribution in [-0.4, -0.2) is 22.8 Å². The van der Waals surface area contributed by atoms with Gasteiger partial charge in [-0.15, -0.1) is 0 Å². The molecule has 0 saturated carbocycles. The largest absolute Gasteiger partial charge is 0.508 e. The van der Waals surface area contributed by atoms with E-state index >= 15 is 0 Å². The van der Waals surface area contributed by atoms with Gasteiger partial charge in [-0.3, -0.25) is 4.79 Å². The summed E-state index contributed by atoms with van der Waals surface area (Å²) >= 11 is 0. The van der Waals surface area contributed by atoms with Crippen molar-refractivity contribution in [2.24, 2.45) is 5.92 Å². The molecule has 4 heteroatoms. The third-order valence-corrected chi connectivity index (χ3v) is 2.84. The fraction of sp³-hybridized carbons (Fsp3) is 0.364. The zero-order chi connectivity index (χ0) is 11.0. The van der Waals surface area contributed by atoms with Crippen molar-refractivity contribution >= 4 is 5.97 Å². The van der Waals surface area contributed by atoms with Gasteiger partial charge in [-0.25, -0.2) is 0 Å². The molecule has 1 aliphatic rings. The van der Waals surface area contributed by atoms with Crippen LogP contribution in [0.25, 0.3) is 0 Å². The van der Waals surface area contributed by atoms with Crippen molar-refractivity contribution in [1.29, 1.82) is 0 Å². The summed E-state index contributed by atoms with van der Waals surface area (Å²) in [5.41, 5.74) is 0.594.